The van der Waals surface area contributed by atoms with E-state index in [9.17, 15) is 4.79 Å². The third-order valence-electron chi connectivity index (χ3n) is 4.42. The molecule has 5 nitrogen and oxygen atoms in total. The van der Waals surface area contributed by atoms with Crippen LogP contribution in [0.4, 0.5) is 11.4 Å². The second kappa shape index (κ2) is 7.76. The molecule has 1 aliphatic rings. The Labute approximate surface area is 159 Å². The van der Waals surface area contributed by atoms with Gasteiger partial charge in [0.25, 0.3) is 5.91 Å². The Hall–Kier alpha value is -1.92. The number of carbonyl (C=O) groups excluding carboxylic acids is 1. The Kier molecular flexibility index (Phi) is 5.63. The predicted octanol–water partition coefficient (Wildman–Crippen LogP) is 4.44. The third kappa shape index (κ3) is 4.24. The van der Waals surface area contributed by atoms with Crippen molar-refractivity contribution in [1.82, 2.24) is 4.98 Å². The number of hydrogen-bond acceptors (Lipinski definition) is 5. The number of anilines is 2. The van der Waals surface area contributed by atoms with Gasteiger partial charge in [-0.15, -0.1) is 11.3 Å². The first-order valence-corrected chi connectivity index (χ1v) is 9.94. The van der Waals surface area contributed by atoms with E-state index in [1.807, 2.05) is 19.1 Å². The lowest BCUT2D eigenvalue weighted by molar-refractivity contribution is -0.00521. The largest absolute Gasteiger partial charge is 0.372 e. The van der Waals surface area contributed by atoms with Gasteiger partial charge in [-0.2, -0.15) is 0 Å². The molecule has 1 amide bonds. The lowest BCUT2D eigenvalue weighted by Crippen LogP contribution is -2.45. The zero-order valence-corrected chi connectivity index (χ0v) is 16.9. The van der Waals surface area contributed by atoms with Crippen molar-refractivity contribution >= 4 is 28.6 Å². The van der Waals surface area contributed by atoms with Gasteiger partial charge in [-0.05, 0) is 45.0 Å². The van der Waals surface area contributed by atoms with Gasteiger partial charge in [0.2, 0.25) is 0 Å². The maximum atomic E-state index is 12.6. The van der Waals surface area contributed by atoms with Gasteiger partial charge in [0.1, 0.15) is 4.88 Å². The second-order valence-electron chi connectivity index (χ2n) is 7.28. The smallest absolute Gasteiger partial charge is 0.267 e. The highest BCUT2D eigenvalue weighted by Gasteiger charge is 2.22. The molecular weight excluding hydrogens is 346 g/mol. The van der Waals surface area contributed by atoms with Crippen molar-refractivity contribution in [3.8, 4) is 0 Å². The van der Waals surface area contributed by atoms with Crippen LogP contribution in [0.25, 0.3) is 0 Å². The lowest BCUT2D eigenvalue weighted by atomic mass is 10.2. The summed E-state index contributed by atoms with van der Waals surface area (Å²) >= 11 is 1.48. The van der Waals surface area contributed by atoms with Crippen molar-refractivity contribution in [2.45, 2.75) is 52.7 Å². The molecule has 0 bridgehead atoms. The summed E-state index contributed by atoms with van der Waals surface area (Å²) in [6.45, 7) is 12.0. The van der Waals surface area contributed by atoms with Crippen molar-refractivity contribution in [3.05, 3.63) is 39.8 Å². The lowest BCUT2D eigenvalue weighted by Gasteiger charge is -2.36. The number of amides is 1. The number of morpholine rings is 1. The molecule has 1 aliphatic heterocycles. The molecule has 0 radical (unpaired) electrons. The highest BCUT2D eigenvalue weighted by molar-refractivity contribution is 7.14. The molecule has 1 N–H and O–H groups in total. The average Bonchev–Trinajstić information content (AvgIpc) is 2.97. The first-order chi connectivity index (χ1) is 12.3. The van der Waals surface area contributed by atoms with Crippen molar-refractivity contribution < 1.29 is 9.53 Å². The maximum absolute atomic E-state index is 12.6. The highest BCUT2D eigenvalue weighted by atomic mass is 32.1. The average molecular weight is 374 g/mol. The number of rotatable bonds is 4. The predicted molar refractivity (Wildman–Crippen MR) is 108 cm³/mol. The molecule has 1 fully saturated rings. The molecule has 0 spiro atoms. The number of hydrogen-bond donors (Lipinski definition) is 1. The van der Waals surface area contributed by atoms with E-state index in [1.165, 1.54) is 11.3 Å². The van der Waals surface area contributed by atoms with Crippen LogP contribution in [0.5, 0.6) is 0 Å². The molecule has 6 heteroatoms. The van der Waals surface area contributed by atoms with Gasteiger partial charge in [0.05, 0.1) is 22.9 Å². The van der Waals surface area contributed by atoms with E-state index in [4.69, 9.17) is 4.74 Å². The van der Waals surface area contributed by atoms with Crippen LogP contribution in [-0.2, 0) is 4.74 Å². The summed E-state index contributed by atoms with van der Waals surface area (Å²) < 4.78 is 5.79. The standard InChI is InChI=1S/C20H27N3O2S/c1-12(2)20-21-15(5)18(26-20)19(24)22-16-6-8-17(9-7-16)23-10-13(3)25-14(4)11-23/h6-9,12-14H,10-11H2,1-5H3,(H,22,24). The van der Waals surface area contributed by atoms with Crippen molar-refractivity contribution in [2.75, 3.05) is 23.3 Å². The Morgan fingerprint density at radius 3 is 2.38 bits per heavy atom. The number of carbonyl (C=O) groups is 1. The number of benzene rings is 1. The Balaban J connectivity index is 1.68. The molecule has 0 aliphatic carbocycles. The van der Waals surface area contributed by atoms with Crippen molar-refractivity contribution in [1.29, 1.82) is 0 Å². The van der Waals surface area contributed by atoms with E-state index in [2.05, 4.69) is 55.0 Å². The molecule has 2 unspecified atom stereocenters. The van der Waals surface area contributed by atoms with Crippen LogP contribution in [0.3, 0.4) is 0 Å². The Morgan fingerprint density at radius 1 is 1.23 bits per heavy atom. The first kappa shape index (κ1) is 18.9. The van der Waals surface area contributed by atoms with Gasteiger partial charge in [-0.3, -0.25) is 4.79 Å². The van der Waals surface area contributed by atoms with Crippen LogP contribution in [-0.4, -0.2) is 36.2 Å². The highest BCUT2D eigenvalue weighted by Crippen LogP contribution is 2.26. The molecule has 2 aromatic rings. The van der Waals surface area contributed by atoms with Gasteiger partial charge in [-0.1, -0.05) is 13.8 Å². The van der Waals surface area contributed by atoms with E-state index in [1.54, 1.807) is 0 Å². The molecule has 26 heavy (non-hydrogen) atoms. The fourth-order valence-corrected chi connectivity index (χ4v) is 4.17. The molecule has 1 aromatic carbocycles. The van der Waals surface area contributed by atoms with Gasteiger partial charge in [0.15, 0.2) is 0 Å². The van der Waals surface area contributed by atoms with Gasteiger partial charge in [0, 0.05) is 30.4 Å². The van der Waals surface area contributed by atoms with Gasteiger partial charge < -0.3 is 15.0 Å². The second-order valence-corrected chi connectivity index (χ2v) is 8.32. The molecule has 2 heterocycles. The van der Waals surface area contributed by atoms with Crippen molar-refractivity contribution in [2.24, 2.45) is 0 Å². The summed E-state index contributed by atoms with van der Waals surface area (Å²) in [4.78, 5) is 20.1. The summed E-state index contributed by atoms with van der Waals surface area (Å²) in [5, 5.41) is 3.99. The van der Waals surface area contributed by atoms with Crippen LogP contribution in [0.2, 0.25) is 0 Å². The fraction of sp³-hybridized carbons (Fsp3) is 0.500. The minimum Gasteiger partial charge on any atom is -0.372 e. The number of ether oxygens (including phenoxy) is 1. The topological polar surface area (TPSA) is 54.5 Å². The van der Waals surface area contributed by atoms with Crippen LogP contribution < -0.4 is 10.2 Å². The van der Waals surface area contributed by atoms with Crippen molar-refractivity contribution in [3.63, 3.8) is 0 Å². The molecule has 3 rings (SSSR count). The summed E-state index contributed by atoms with van der Waals surface area (Å²) in [5.74, 6) is 0.242. The maximum Gasteiger partial charge on any atom is 0.267 e. The number of thiazole rings is 1. The monoisotopic (exact) mass is 373 g/mol. The normalized spacial score (nSPS) is 20.5. The van der Waals surface area contributed by atoms with Crippen LogP contribution in [0.1, 0.15) is 54.0 Å². The van der Waals surface area contributed by atoms with E-state index in [0.29, 0.717) is 10.8 Å². The summed E-state index contributed by atoms with van der Waals surface area (Å²) in [6.07, 6.45) is 0.449. The van der Waals surface area contributed by atoms with Crippen LogP contribution in [0.15, 0.2) is 24.3 Å². The fourth-order valence-electron chi connectivity index (χ4n) is 3.21. The number of nitrogens with one attached hydrogen (secondary N) is 1. The quantitative estimate of drug-likeness (QED) is 0.861. The molecule has 0 saturated carbocycles. The minimum atomic E-state index is -0.0896. The molecule has 1 aromatic heterocycles. The van der Waals surface area contributed by atoms with E-state index in [0.717, 1.165) is 35.2 Å². The van der Waals surface area contributed by atoms with Gasteiger partial charge >= 0.3 is 0 Å². The summed E-state index contributed by atoms with van der Waals surface area (Å²) in [7, 11) is 0. The Morgan fingerprint density at radius 2 is 1.85 bits per heavy atom. The minimum absolute atomic E-state index is 0.0896. The van der Waals surface area contributed by atoms with E-state index in [-0.39, 0.29) is 18.1 Å². The zero-order valence-electron chi connectivity index (χ0n) is 16.1. The first-order valence-electron chi connectivity index (χ1n) is 9.12. The number of aryl methyl sites for hydroxylation is 1. The van der Waals surface area contributed by atoms with E-state index < -0.39 is 0 Å². The van der Waals surface area contributed by atoms with Crippen LogP contribution >= 0.6 is 11.3 Å². The molecule has 1 saturated heterocycles. The summed E-state index contributed by atoms with van der Waals surface area (Å²) in [5.41, 5.74) is 2.75. The summed E-state index contributed by atoms with van der Waals surface area (Å²) in [6, 6.07) is 8.02. The number of aromatic nitrogens is 1. The molecule has 2 atom stereocenters. The Bertz CT molecular complexity index is 760. The SMILES string of the molecule is Cc1nc(C(C)C)sc1C(=O)Nc1ccc(N2CC(C)OC(C)C2)cc1. The van der Waals surface area contributed by atoms with E-state index >= 15 is 0 Å². The van der Waals surface area contributed by atoms with Gasteiger partial charge in [-0.25, -0.2) is 4.98 Å². The third-order valence-corrected chi connectivity index (χ3v) is 5.88. The number of nitrogens with zero attached hydrogens (tertiary/aromatic N) is 2. The molecule has 140 valence electrons. The zero-order chi connectivity index (χ0) is 18.8. The van der Waals surface area contributed by atoms with Crippen LogP contribution in [0, 0.1) is 6.92 Å². The molecular formula is C20H27N3O2S.